The summed E-state index contributed by atoms with van der Waals surface area (Å²) >= 11 is 0. The molecule has 0 amide bonds. The van der Waals surface area contributed by atoms with Gasteiger partial charge in [-0.15, -0.1) is 0 Å². The van der Waals surface area contributed by atoms with Gasteiger partial charge in [0.15, 0.2) is 6.29 Å². The second-order valence-electron chi connectivity index (χ2n) is 6.72. The number of ether oxygens (including phenoxy) is 4. The minimum atomic E-state index is -0.941. The van der Waals surface area contributed by atoms with E-state index in [0.717, 1.165) is 5.56 Å². The molecule has 1 saturated heterocycles. The zero-order valence-corrected chi connectivity index (χ0v) is 16.2. The highest BCUT2D eigenvalue weighted by atomic mass is 16.8. The Bertz CT molecular complexity index is 1180. The second kappa shape index (κ2) is 8.10. The average Bonchev–Trinajstić information content (AvgIpc) is 3.46. The molecule has 0 saturated carbocycles. The number of fused-ring (bicyclic) bond motifs is 1. The molecule has 2 atom stereocenters. The molecule has 8 heteroatoms. The van der Waals surface area contributed by atoms with Gasteiger partial charge >= 0.3 is 17.6 Å². The molecule has 4 rings (SSSR count). The van der Waals surface area contributed by atoms with Crippen molar-refractivity contribution in [3.05, 3.63) is 75.6 Å². The Kier molecular flexibility index (Phi) is 5.35. The fourth-order valence-corrected chi connectivity index (χ4v) is 2.91. The van der Waals surface area contributed by atoms with Crippen molar-refractivity contribution in [3.8, 4) is 5.75 Å². The first-order chi connectivity index (χ1) is 14.5. The quantitative estimate of drug-likeness (QED) is 0.264. The maximum absolute atomic E-state index is 12.6. The summed E-state index contributed by atoms with van der Waals surface area (Å²) in [6.07, 6.45) is -0.132. The van der Waals surface area contributed by atoms with Crippen molar-refractivity contribution < 1.29 is 33.0 Å². The van der Waals surface area contributed by atoms with Crippen molar-refractivity contribution >= 4 is 22.9 Å². The monoisotopic (exact) mass is 410 g/mol. The SMILES string of the molecule is COC(=O)c1ccccc1OC(=O)c1cc2cc(COC3OC3C)ccc2oc1=O. The second-order valence-corrected chi connectivity index (χ2v) is 6.72. The minimum absolute atomic E-state index is 0.0189. The third-order valence-electron chi connectivity index (χ3n) is 4.58. The van der Waals surface area contributed by atoms with Crippen LogP contribution < -0.4 is 10.4 Å². The van der Waals surface area contributed by atoms with Gasteiger partial charge in [0, 0.05) is 5.39 Å². The maximum atomic E-state index is 12.6. The fraction of sp³-hybridized carbons (Fsp3) is 0.227. The number of rotatable bonds is 6. The van der Waals surface area contributed by atoms with Crippen molar-refractivity contribution in [2.24, 2.45) is 0 Å². The summed E-state index contributed by atoms with van der Waals surface area (Å²) in [7, 11) is 1.22. The molecule has 0 bridgehead atoms. The highest BCUT2D eigenvalue weighted by Crippen LogP contribution is 2.25. The van der Waals surface area contributed by atoms with Gasteiger partial charge in [0.05, 0.1) is 13.7 Å². The molecule has 1 fully saturated rings. The number of methoxy groups -OCH3 is 1. The van der Waals surface area contributed by atoms with Crippen LogP contribution in [-0.2, 0) is 20.8 Å². The van der Waals surface area contributed by atoms with Gasteiger partial charge in [0.1, 0.15) is 28.6 Å². The van der Waals surface area contributed by atoms with E-state index < -0.39 is 17.6 Å². The molecule has 0 spiro atoms. The van der Waals surface area contributed by atoms with Crippen molar-refractivity contribution in [1.82, 2.24) is 0 Å². The number of carbonyl (C=O) groups excluding carboxylic acids is 2. The first-order valence-corrected chi connectivity index (χ1v) is 9.19. The van der Waals surface area contributed by atoms with Crippen LogP contribution in [0.25, 0.3) is 11.0 Å². The smallest absolute Gasteiger partial charge is 0.351 e. The lowest BCUT2D eigenvalue weighted by Crippen LogP contribution is -2.20. The molecule has 2 unspecified atom stereocenters. The van der Waals surface area contributed by atoms with E-state index in [1.54, 1.807) is 30.3 Å². The van der Waals surface area contributed by atoms with E-state index in [9.17, 15) is 14.4 Å². The summed E-state index contributed by atoms with van der Waals surface area (Å²) in [5.74, 6) is -1.62. The molecule has 3 aromatic rings. The molecular weight excluding hydrogens is 392 g/mol. The molecule has 0 radical (unpaired) electrons. The van der Waals surface area contributed by atoms with Crippen molar-refractivity contribution in [2.75, 3.05) is 7.11 Å². The number of hydrogen-bond acceptors (Lipinski definition) is 8. The highest BCUT2D eigenvalue weighted by Gasteiger charge is 2.35. The topological polar surface area (TPSA) is 105 Å². The first kappa shape index (κ1) is 19.8. The Balaban J connectivity index is 1.60. The zero-order valence-electron chi connectivity index (χ0n) is 16.2. The standard InChI is InChI=1S/C22H18O8/c1-12-22(28-12)27-11-13-7-8-17-14(9-13)10-16(20(24)29-17)21(25)30-18-6-4-3-5-15(18)19(23)26-2/h3-10,12,22H,11H2,1-2H3. The molecule has 1 aromatic heterocycles. The number of hydrogen-bond donors (Lipinski definition) is 0. The lowest BCUT2D eigenvalue weighted by Gasteiger charge is -2.09. The number of benzene rings is 2. The number of epoxide rings is 1. The number of carbonyl (C=O) groups is 2. The number of esters is 2. The third kappa shape index (κ3) is 4.10. The predicted octanol–water partition coefficient (Wildman–Crippen LogP) is 3.06. The lowest BCUT2D eigenvalue weighted by molar-refractivity contribution is 0.0385. The van der Waals surface area contributed by atoms with Gasteiger partial charge < -0.3 is 23.4 Å². The zero-order chi connectivity index (χ0) is 21.3. The molecule has 1 aliphatic rings. The van der Waals surface area contributed by atoms with Crippen LogP contribution in [0, 0.1) is 0 Å². The summed E-state index contributed by atoms with van der Waals surface area (Å²) in [4.78, 5) is 36.7. The highest BCUT2D eigenvalue weighted by molar-refractivity contribution is 5.97. The fourth-order valence-electron chi connectivity index (χ4n) is 2.91. The van der Waals surface area contributed by atoms with Crippen molar-refractivity contribution in [2.45, 2.75) is 25.9 Å². The van der Waals surface area contributed by atoms with E-state index in [-0.39, 0.29) is 29.3 Å². The van der Waals surface area contributed by atoms with E-state index in [4.69, 9.17) is 18.6 Å². The van der Waals surface area contributed by atoms with E-state index in [2.05, 4.69) is 4.74 Å². The Labute approximate surface area is 170 Å². The summed E-state index contributed by atoms with van der Waals surface area (Å²) in [5, 5.41) is 0.536. The molecule has 1 aliphatic heterocycles. The normalized spacial score (nSPS) is 17.5. The molecule has 2 aromatic carbocycles. The molecular formula is C22H18O8. The first-order valence-electron chi connectivity index (χ1n) is 9.19. The Morgan fingerprint density at radius 3 is 2.53 bits per heavy atom. The van der Waals surface area contributed by atoms with Crippen LogP contribution in [0.2, 0.25) is 0 Å². The molecule has 154 valence electrons. The Morgan fingerprint density at radius 2 is 1.80 bits per heavy atom. The van der Waals surface area contributed by atoms with Crippen molar-refractivity contribution in [3.63, 3.8) is 0 Å². The van der Waals surface area contributed by atoms with Crippen LogP contribution in [0.3, 0.4) is 0 Å². The van der Waals surface area contributed by atoms with Crippen molar-refractivity contribution in [1.29, 1.82) is 0 Å². The van der Waals surface area contributed by atoms with Gasteiger partial charge in [0.25, 0.3) is 0 Å². The predicted molar refractivity (Wildman–Crippen MR) is 104 cm³/mol. The summed E-state index contributed by atoms with van der Waals surface area (Å²) in [5.41, 5.74) is 0.0850. The van der Waals surface area contributed by atoms with E-state index in [1.165, 1.54) is 25.3 Å². The van der Waals surface area contributed by atoms with Crippen LogP contribution in [0.4, 0.5) is 0 Å². The minimum Gasteiger partial charge on any atom is -0.465 e. The molecule has 0 N–H and O–H groups in total. The molecule has 2 heterocycles. The molecule has 30 heavy (non-hydrogen) atoms. The summed E-state index contributed by atoms with van der Waals surface area (Å²) < 4.78 is 26.0. The van der Waals surface area contributed by atoms with Gasteiger partial charge in [0.2, 0.25) is 0 Å². The van der Waals surface area contributed by atoms with Crippen LogP contribution in [-0.4, -0.2) is 31.4 Å². The van der Waals surface area contributed by atoms with Gasteiger partial charge in [-0.25, -0.2) is 14.4 Å². The van der Waals surface area contributed by atoms with Gasteiger partial charge in [-0.2, -0.15) is 0 Å². The van der Waals surface area contributed by atoms with Crippen LogP contribution in [0.1, 0.15) is 33.2 Å². The lowest BCUT2D eigenvalue weighted by atomic mass is 10.1. The van der Waals surface area contributed by atoms with E-state index in [0.29, 0.717) is 17.6 Å². The largest absolute Gasteiger partial charge is 0.465 e. The van der Waals surface area contributed by atoms with Crippen LogP contribution in [0.15, 0.2) is 57.7 Å². The third-order valence-corrected chi connectivity index (χ3v) is 4.58. The van der Waals surface area contributed by atoms with Gasteiger partial charge in [-0.1, -0.05) is 18.2 Å². The molecule has 0 aliphatic carbocycles. The maximum Gasteiger partial charge on any atom is 0.351 e. The van der Waals surface area contributed by atoms with E-state index in [1.807, 2.05) is 6.92 Å². The van der Waals surface area contributed by atoms with E-state index >= 15 is 0 Å². The Morgan fingerprint density at radius 1 is 1.03 bits per heavy atom. The summed E-state index contributed by atoms with van der Waals surface area (Å²) in [6.45, 7) is 2.23. The number of para-hydroxylation sites is 1. The van der Waals surface area contributed by atoms with Gasteiger partial charge in [-0.3, -0.25) is 0 Å². The molecule has 8 nitrogen and oxygen atoms in total. The van der Waals surface area contributed by atoms with Crippen LogP contribution >= 0.6 is 0 Å². The van der Waals surface area contributed by atoms with Crippen LogP contribution in [0.5, 0.6) is 5.75 Å². The van der Waals surface area contributed by atoms with Gasteiger partial charge in [-0.05, 0) is 42.8 Å². The summed E-state index contributed by atoms with van der Waals surface area (Å²) in [6, 6.07) is 12.6. The Hall–Kier alpha value is -3.49. The average molecular weight is 410 g/mol.